The van der Waals surface area contributed by atoms with Crippen LogP contribution in [0.15, 0.2) is 16.7 Å². The van der Waals surface area contributed by atoms with Crippen molar-refractivity contribution < 1.29 is 19.8 Å². The van der Waals surface area contributed by atoms with Crippen molar-refractivity contribution in [2.24, 2.45) is 0 Å². The van der Waals surface area contributed by atoms with E-state index in [1.165, 1.54) is 0 Å². The summed E-state index contributed by atoms with van der Waals surface area (Å²) in [7, 11) is 0. The van der Waals surface area contributed by atoms with Crippen molar-refractivity contribution in [2.45, 2.75) is 26.0 Å². The highest BCUT2D eigenvalue weighted by molar-refractivity contribution is 9.10. The van der Waals surface area contributed by atoms with Crippen molar-refractivity contribution in [2.75, 3.05) is 6.54 Å². The lowest BCUT2D eigenvalue weighted by Gasteiger charge is -2.08. The molecular formula is C11H15BrN2O4. The first-order valence-electron chi connectivity index (χ1n) is 5.50. The SMILES string of the molecule is CCn1cc(Br)cc1C(=O)NCCC(O)C(=O)O. The quantitative estimate of drug-likeness (QED) is 0.724. The van der Waals surface area contributed by atoms with Crippen LogP contribution in [0.5, 0.6) is 0 Å². The van der Waals surface area contributed by atoms with E-state index in [1.54, 1.807) is 16.8 Å². The Morgan fingerprint density at radius 2 is 2.22 bits per heavy atom. The van der Waals surface area contributed by atoms with Gasteiger partial charge in [0, 0.05) is 30.2 Å². The first-order valence-corrected chi connectivity index (χ1v) is 6.29. The number of aryl methyl sites for hydroxylation is 1. The summed E-state index contributed by atoms with van der Waals surface area (Å²) in [5.41, 5.74) is 0.495. The maximum atomic E-state index is 11.8. The molecule has 0 aromatic carbocycles. The average molecular weight is 319 g/mol. The summed E-state index contributed by atoms with van der Waals surface area (Å²) in [4.78, 5) is 22.2. The Bertz CT molecular complexity index is 444. The number of hydrogen-bond donors (Lipinski definition) is 3. The van der Waals surface area contributed by atoms with Crippen LogP contribution in [0.25, 0.3) is 0 Å². The van der Waals surface area contributed by atoms with E-state index in [0.29, 0.717) is 12.2 Å². The van der Waals surface area contributed by atoms with Gasteiger partial charge < -0.3 is 20.1 Å². The minimum absolute atomic E-state index is 0.0188. The number of aromatic nitrogens is 1. The minimum atomic E-state index is -1.45. The topological polar surface area (TPSA) is 91.6 Å². The van der Waals surface area contributed by atoms with Crippen LogP contribution in [0.2, 0.25) is 0 Å². The second kappa shape index (κ2) is 6.55. The summed E-state index contributed by atoms with van der Waals surface area (Å²) < 4.78 is 2.58. The number of aliphatic hydroxyl groups excluding tert-OH is 1. The lowest BCUT2D eigenvalue weighted by atomic mass is 10.2. The number of hydrogen-bond acceptors (Lipinski definition) is 3. The number of nitrogens with one attached hydrogen (secondary N) is 1. The van der Waals surface area contributed by atoms with Crippen LogP contribution in [0.3, 0.4) is 0 Å². The molecule has 1 unspecified atom stereocenters. The lowest BCUT2D eigenvalue weighted by molar-refractivity contribution is -0.146. The predicted octanol–water partition coefficient (Wildman–Crippen LogP) is 0.836. The van der Waals surface area contributed by atoms with Gasteiger partial charge in [-0.2, -0.15) is 0 Å². The van der Waals surface area contributed by atoms with Crippen LogP contribution in [0, 0.1) is 0 Å². The number of carbonyl (C=O) groups excluding carboxylic acids is 1. The zero-order chi connectivity index (χ0) is 13.7. The average Bonchev–Trinajstić information content (AvgIpc) is 2.70. The molecule has 0 saturated heterocycles. The standard InChI is InChI=1S/C11H15BrN2O4/c1-2-14-6-7(12)5-8(14)10(16)13-4-3-9(15)11(17)18/h5-6,9,15H,2-4H2,1H3,(H,13,16)(H,17,18). The van der Waals surface area contributed by atoms with Crippen molar-refractivity contribution in [3.8, 4) is 0 Å². The Labute approximate surface area is 113 Å². The first-order chi connectivity index (χ1) is 8.45. The van der Waals surface area contributed by atoms with Gasteiger partial charge in [-0.3, -0.25) is 4.79 Å². The van der Waals surface area contributed by atoms with E-state index in [0.717, 1.165) is 4.47 Å². The lowest BCUT2D eigenvalue weighted by Crippen LogP contribution is -2.31. The monoisotopic (exact) mass is 318 g/mol. The van der Waals surface area contributed by atoms with E-state index in [-0.39, 0.29) is 18.9 Å². The number of carboxylic acid groups (broad SMARTS) is 1. The Morgan fingerprint density at radius 3 is 2.78 bits per heavy atom. The number of carboxylic acids is 1. The van der Waals surface area contributed by atoms with Crippen LogP contribution < -0.4 is 5.32 Å². The van der Waals surface area contributed by atoms with Crippen LogP contribution in [-0.2, 0) is 11.3 Å². The largest absolute Gasteiger partial charge is 0.479 e. The van der Waals surface area contributed by atoms with Gasteiger partial charge in [0.05, 0.1) is 0 Å². The van der Waals surface area contributed by atoms with Gasteiger partial charge >= 0.3 is 5.97 Å². The predicted molar refractivity (Wildman–Crippen MR) is 68.4 cm³/mol. The fraction of sp³-hybridized carbons (Fsp3) is 0.455. The molecule has 3 N–H and O–H groups in total. The molecule has 100 valence electrons. The molecule has 0 aliphatic heterocycles. The molecule has 0 aliphatic carbocycles. The van der Waals surface area contributed by atoms with Crippen LogP contribution in [0.4, 0.5) is 0 Å². The van der Waals surface area contributed by atoms with E-state index in [2.05, 4.69) is 21.2 Å². The van der Waals surface area contributed by atoms with Crippen molar-refractivity contribution >= 4 is 27.8 Å². The maximum absolute atomic E-state index is 11.8. The molecule has 7 heteroatoms. The number of aliphatic hydroxyl groups is 1. The van der Waals surface area contributed by atoms with Gasteiger partial charge in [0.1, 0.15) is 5.69 Å². The molecule has 6 nitrogen and oxygen atoms in total. The molecule has 1 heterocycles. The van der Waals surface area contributed by atoms with Crippen molar-refractivity contribution in [1.29, 1.82) is 0 Å². The third-order valence-electron chi connectivity index (χ3n) is 2.42. The van der Waals surface area contributed by atoms with Crippen molar-refractivity contribution in [3.05, 3.63) is 22.4 Å². The number of amides is 1. The molecule has 1 rings (SSSR count). The van der Waals surface area contributed by atoms with E-state index in [9.17, 15) is 9.59 Å². The normalized spacial score (nSPS) is 12.2. The van der Waals surface area contributed by atoms with Gasteiger partial charge in [0.25, 0.3) is 5.91 Å². The first kappa shape index (κ1) is 14.7. The molecule has 18 heavy (non-hydrogen) atoms. The molecule has 1 aromatic rings. The van der Waals surface area contributed by atoms with Crippen LogP contribution in [0.1, 0.15) is 23.8 Å². The molecule has 0 fully saturated rings. The third kappa shape index (κ3) is 3.85. The number of rotatable bonds is 6. The number of halogens is 1. The summed E-state index contributed by atoms with van der Waals surface area (Å²) in [5, 5.41) is 20.1. The van der Waals surface area contributed by atoms with Gasteiger partial charge in [-0.05, 0) is 28.9 Å². The number of aliphatic carboxylic acids is 1. The van der Waals surface area contributed by atoms with Gasteiger partial charge in [-0.25, -0.2) is 4.79 Å². The van der Waals surface area contributed by atoms with Gasteiger partial charge in [0.15, 0.2) is 6.10 Å². The second-order valence-corrected chi connectivity index (χ2v) is 4.64. The molecule has 0 bridgehead atoms. The summed E-state index contributed by atoms with van der Waals surface area (Å²) in [5.74, 6) is -1.58. The zero-order valence-electron chi connectivity index (χ0n) is 9.89. The van der Waals surface area contributed by atoms with Gasteiger partial charge in [-0.15, -0.1) is 0 Å². The third-order valence-corrected chi connectivity index (χ3v) is 2.86. The second-order valence-electron chi connectivity index (χ2n) is 3.73. The smallest absolute Gasteiger partial charge is 0.332 e. The molecule has 0 spiro atoms. The Balaban J connectivity index is 2.52. The number of nitrogens with zero attached hydrogens (tertiary/aromatic N) is 1. The molecule has 0 saturated carbocycles. The van der Waals surface area contributed by atoms with Crippen molar-refractivity contribution in [1.82, 2.24) is 9.88 Å². The van der Waals surface area contributed by atoms with E-state index >= 15 is 0 Å². The molecule has 0 radical (unpaired) electrons. The van der Waals surface area contributed by atoms with Crippen molar-refractivity contribution in [3.63, 3.8) is 0 Å². The highest BCUT2D eigenvalue weighted by atomic mass is 79.9. The Morgan fingerprint density at radius 1 is 1.56 bits per heavy atom. The van der Waals surface area contributed by atoms with E-state index < -0.39 is 12.1 Å². The summed E-state index contributed by atoms with van der Waals surface area (Å²) in [6.07, 6.45) is 0.325. The molecule has 1 atom stereocenters. The molecule has 1 aromatic heterocycles. The van der Waals surface area contributed by atoms with E-state index in [1.807, 2.05) is 6.92 Å². The minimum Gasteiger partial charge on any atom is -0.479 e. The zero-order valence-corrected chi connectivity index (χ0v) is 11.5. The maximum Gasteiger partial charge on any atom is 0.332 e. The Hall–Kier alpha value is -1.34. The van der Waals surface area contributed by atoms with Gasteiger partial charge in [-0.1, -0.05) is 0 Å². The molecule has 1 amide bonds. The highest BCUT2D eigenvalue weighted by Gasteiger charge is 2.15. The molecular weight excluding hydrogens is 304 g/mol. The summed E-state index contributed by atoms with van der Waals surface area (Å²) in [6.45, 7) is 2.68. The summed E-state index contributed by atoms with van der Waals surface area (Å²) in [6, 6.07) is 1.69. The highest BCUT2D eigenvalue weighted by Crippen LogP contribution is 2.14. The van der Waals surface area contributed by atoms with Crippen LogP contribution in [-0.4, -0.2) is 39.3 Å². The fourth-order valence-electron chi connectivity index (χ4n) is 1.46. The van der Waals surface area contributed by atoms with Crippen LogP contribution >= 0.6 is 15.9 Å². The van der Waals surface area contributed by atoms with E-state index in [4.69, 9.17) is 10.2 Å². The van der Waals surface area contributed by atoms with Gasteiger partial charge in [0.2, 0.25) is 0 Å². The summed E-state index contributed by atoms with van der Waals surface area (Å²) >= 11 is 3.28. The fourth-order valence-corrected chi connectivity index (χ4v) is 1.93. The number of carbonyl (C=O) groups is 2. The Kier molecular flexibility index (Phi) is 5.36. The molecule has 0 aliphatic rings.